The highest BCUT2D eigenvalue weighted by molar-refractivity contribution is 6.25. The van der Waals surface area contributed by atoms with Crippen molar-refractivity contribution in [2.45, 2.75) is 56.8 Å². The Bertz CT molecular complexity index is 1090. The van der Waals surface area contributed by atoms with E-state index >= 15 is 0 Å². The molecule has 6 atom stereocenters. The molecule has 2 saturated carbocycles. The van der Waals surface area contributed by atoms with Crippen LogP contribution in [0.2, 0.25) is 0 Å². The number of aliphatic hydroxyl groups is 3. The molecule has 3 aliphatic carbocycles. The Kier molecular flexibility index (Phi) is 6.08. The summed E-state index contributed by atoms with van der Waals surface area (Å²) in [5.74, 6) is -7.20. The largest absolute Gasteiger partial charge is 0.507 e. The molecule has 4 rings (SSSR count). The van der Waals surface area contributed by atoms with Gasteiger partial charge in [0.25, 0.3) is 0 Å². The number of aliphatic hydroxyl groups excluding tert-OH is 2. The molecule has 6 N–H and O–H groups in total. The van der Waals surface area contributed by atoms with E-state index < -0.39 is 58.7 Å². The van der Waals surface area contributed by atoms with Crippen molar-refractivity contribution in [2.75, 3.05) is 14.1 Å². The number of aryl methyl sites for hydroxylation is 1. The summed E-state index contributed by atoms with van der Waals surface area (Å²) in [6.45, 7) is 2.06. The monoisotopic (exact) mass is 472 g/mol. The number of rotatable bonds is 5. The highest BCUT2D eigenvalue weighted by Crippen LogP contribution is 2.52. The van der Waals surface area contributed by atoms with Crippen LogP contribution in [0.1, 0.15) is 42.9 Å². The quantitative estimate of drug-likeness (QED) is 0.387. The Hall–Kier alpha value is -2.75. The maximum Gasteiger partial charge on any atom is 0.230 e. The summed E-state index contributed by atoms with van der Waals surface area (Å²) >= 11 is 0. The number of phenols is 1. The number of likely N-dealkylation sites (N-methyl/N-ethyl adjacent to an activating group) is 1. The number of carbonyl (C=O) groups excluding carboxylic acids is 3. The van der Waals surface area contributed by atoms with Gasteiger partial charge in [-0.15, -0.1) is 0 Å². The number of unbranched alkanes of at least 4 members (excludes halogenated alkanes) is 1. The van der Waals surface area contributed by atoms with Gasteiger partial charge in [-0.1, -0.05) is 19.4 Å². The number of ketones is 2. The third kappa shape index (κ3) is 3.29. The predicted octanol–water partition coefficient (Wildman–Crippen LogP) is 0.472. The van der Waals surface area contributed by atoms with Crippen molar-refractivity contribution < 1.29 is 34.8 Å². The van der Waals surface area contributed by atoms with E-state index in [-0.39, 0.29) is 23.3 Å². The van der Waals surface area contributed by atoms with Gasteiger partial charge >= 0.3 is 0 Å². The van der Waals surface area contributed by atoms with Gasteiger partial charge in [0.1, 0.15) is 17.4 Å². The normalized spacial score (nSPS) is 32.9. The van der Waals surface area contributed by atoms with Crippen molar-refractivity contribution in [3.63, 3.8) is 0 Å². The molecule has 0 saturated heterocycles. The van der Waals surface area contributed by atoms with E-state index in [4.69, 9.17) is 5.73 Å². The third-order valence-electron chi connectivity index (χ3n) is 7.87. The molecule has 0 aliphatic heterocycles. The fourth-order valence-corrected chi connectivity index (χ4v) is 6.27. The van der Waals surface area contributed by atoms with Crippen LogP contribution < -0.4 is 5.73 Å². The smallest absolute Gasteiger partial charge is 0.230 e. The van der Waals surface area contributed by atoms with Crippen LogP contribution >= 0.6 is 0 Å². The van der Waals surface area contributed by atoms with Crippen molar-refractivity contribution in [2.24, 2.45) is 23.5 Å². The average Bonchev–Trinajstić information content (AvgIpc) is 2.75. The van der Waals surface area contributed by atoms with E-state index in [9.17, 15) is 34.8 Å². The first kappa shape index (κ1) is 24.4. The minimum Gasteiger partial charge on any atom is -0.507 e. The lowest BCUT2D eigenvalue weighted by Gasteiger charge is -2.53. The standard InChI is InChI=1S/C25H32N2O7/c1-4-5-6-11-7-8-15(28)17-13(11)9-12-10-14-19(27(2)3)21(30)18(24(26)33)23(32)25(14,34)22(31)16(12)20(17)29/h7-8,12,14,18-19,21,28-30,34H,4-6,9-10H2,1-3H3,(H2,26,33)/t12-,14-,18?,19-,21?,25-/m1/s1. The van der Waals surface area contributed by atoms with Gasteiger partial charge < -0.3 is 31.1 Å². The van der Waals surface area contributed by atoms with Crippen molar-refractivity contribution in [3.05, 3.63) is 34.4 Å². The van der Waals surface area contributed by atoms with Gasteiger partial charge in [0.05, 0.1) is 11.7 Å². The van der Waals surface area contributed by atoms with E-state index in [2.05, 4.69) is 6.92 Å². The third-order valence-corrected chi connectivity index (χ3v) is 7.87. The molecule has 2 unspecified atom stereocenters. The van der Waals surface area contributed by atoms with Gasteiger partial charge in [0.2, 0.25) is 11.7 Å². The summed E-state index contributed by atoms with van der Waals surface area (Å²) in [7, 11) is 3.26. The number of hydrogen-bond donors (Lipinski definition) is 5. The van der Waals surface area contributed by atoms with Gasteiger partial charge in [0.15, 0.2) is 11.4 Å². The van der Waals surface area contributed by atoms with Crippen LogP contribution in [0.4, 0.5) is 0 Å². The fourth-order valence-electron chi connectivity index (χ4n) is 6.27. The summed E-state index contributed by atoms with van der Waals surface area (Å²) in [5, 5.41) is 44.2. The van der Waals surface area contributed by atoms with Crippen molar-refractivity contribution >= 4 is 23.2 Å². The van der Waals surface area contributed by atoms with E-state index in [1.165, 1.54) is 6.07 Å². The van der Waals surface area contributed by atoms with Crippen LogP contribution in [0.5, 0.6) is 5.75 Å². The maximum absolute atomic E-state index is 13.7. The number of aromatic hydroxyl groups is 1. The zero-order valence-electron chi connectivity index (χ0n) is 19.6. The number of benzene rings is 1. The second kappa shape index (κ2) is 8.48. The molecule has 3 aliphatic rings. The molecular formula is C25H32N2O7. The number of hydrogen-bond acceptors (Lipinski definition) is 8. The molecule has 0 spiro atoms. The number of phenolic OH excluding ortho intramolecular Hbond substituents is 1. The molecule has 0 bridgehead atoms. The van der Waals surface area contributed by atoms with Crippen LogP contribution in [-0.4, -0.2) is 74.6 Å². The van der Waals surface area contributed by atoms with Crippen molar-refractivity contribution in [1.29, 1.82) is 0 Å². The molecule has 1 amide bonds. The van der Waals surface area contributed by atoms with E-state index in [1.54, 1.807) is 19.0 Å². The number of nitrogens with two attached hydrogens (primary N) is 1. The molecule has 0 radical (unpaired) electrons. The second-order valence-corrected chi connectivity index (χ2v) is 9.99. The second-order valence-electron chi connectivity index (χ2n) is 9.99. The molecule has 9 heteroatoms. The lowest BCUT2D eigenvalue weighted by molar-refractivity contribution is -0.184. The Morgan fingerprint density at radius 1 is 1.24 bits per heavy atom. The first-order valence-electron chi connectivity index (χ1n) is 11.7. The summed E-state index contributed by atoms with van der Waals surface area (Å²) in [6.07, 6.45) is 1.60. The Balaban J connectivity index is 1.89. The Labute approximate surface area is 197 Å². The number of amides is 1. The predicted molar refractivity (Wildman–Crippen MR) is 123 cm³/mol. The van der Waals surface area contributed by atoms with E-state index in [0.717, 1.165) is 30.4 Å². The molecule has 0 heterocycles. The number of primary amides is 1. The average molecular weight is 473 g/mol. The number of Topliss-reactive ketones (excluding diaryl/α,β-unsaturated/α-hetero) is 2. The van der Waals surface area contributed by atoms with Gasteiger partial charge in [-0.3, -0.25) is 14.4 Å². The first-order valence-corrected chi connectivity index (χ1v) is 11.7. The SMILES string of the molecule is CCCCc1ccc(O)c2c1C[C@@H]1C[C@@H]3[C@@H](N(C)C)C(O)C(C(N)=O)C(=O)[C@]3(O)C(=O)C1=C2O. The van der Waals surface area contributed by atoms with Crippen LogP contribution in [0, 0.1) is 17.8 Å². The van der Waals surface area contributed by atoms with Crippen LogP contribution in [0.25, 0.3) is 5.76 Å². The van der Waals surface area contributed by atoms with Gasteiger partial charge in [-0.25, -0.2) is 0 Å². The molecule has 1 aromatic rings. The lowest BCUT2D eigenvalue weighted by atomic mass is 9.54. The van der Waals surface area contributed by atoms with E-state index in [1.807, 2.05) is 6.07 Å². The molecule has 2 fully saturated rings. The molecule has 1 aromatic carbocycles. The Morgan fingerprint density at radius 3 is 2.50 bits per heavy atom. The van der Waals surface area contributed by atoms with Crippen molar-refractivity contribution in [3.8, 4) is 5.75 Å². The summed E-state index contributed by atoms with van der Waals surface area (Å²) in [5.41, 5.74) is 4.49. The summed E-state index contributed by atoms with van der Waals surface area (Å²) < 4.78 is 0. The highest BCUT2D eigenvalue weighted by atomic mass is 16.3. The number of fused-ring (bicyclic) bond motifs is 3. The molecule has 34 heavy (non-hydrogen) atoms. The number of carbonyl (C=O) groups is 3. The lowest BCUT2D eigenvalue weighted by Crippen LogP contribution is -2.73. The minimum atomic E-state index is -2.62. The Morgan fingerprint density at radius 2 is 1.91 bits per heavy atom. The van der Waals surface area contributed by atoms with Crippen LogP contribution in [0.15, 0.2) is 17.7 Å². The molecule has 0 aromatic heterocycles. The van der Waals surface area contributed by atoms with Gasteiger partial charge in [-0.05, 0) is 62.9 Å². The van der Waals surface area contributed by atoms with Crippen LogP contribution in [0.3, 0.4) is 0 Å². The molecular weight excluding hydrogens is 440 g/mol. The summed E-state index contributed by atoms with van der Waals surface area (Å²) in [6, 6.07) is 2.40. The topological polar surface area (TPSA) is 161 Å². The zero-order valence-corrected chi connectivity index (χ0v) is 19.6. The van der Waals surface area contributed by atoms with Crippen molar-refractivity contribution in [1.82, 2.24) is 4.90 Å². The summed E-state index contributed by atoms with van der Waals surface area (Å²) in [4.78, 5) is 40.6. The molecule has 9 nitrogen and oxygen atoms in total. The highest BCUT2D eigenvalue weighted by Gasteiger charge is 2.67. The van der Waals surface area contributed by atoms with Crippen LogP contribution in [-0.2, 0) is 27.2 Å². The van der Waals surface area contributed by atoms with E-state index in [0.29, 0.717) is 6.42 Å². The first-order chi connectivity index (χ1) is 16.0. The fraction of sp³-hybridized carbons (Fsp3) is 0.560. The van der Waals surface area contributed by atoms with Gasteiger partial charge in [0, 0.05) is 17.5 Å². The van der Waals surface area contributed by atoms with Gasteiger partial charge in [-0.2, -0.15) is 0 Å². The maximum atomic E-state index is 13.7. The minimum absolute atomic E-state index is 0.125. The zero-order chi connectivity index (χ0) is 25.1. The number of nitrogens with zero attached hydrogens (tertiary/aromatic N) is 1. The molecule has 184 valence electrons.